The van der Waals surface area contributed by atoms with Gasteiger partial charge in [-0.25, -0.2) is 0 Å². The number of aryl methyl sites for hydroxylation is 1. The highest BCUT2D eigenvalue weighted by Crippen LogP contribution is 2.46. The van der Waals surface area contributed by atoms with Gasteiger partial charge in [0.1, 0.15) is 5.60 Å². The Morgan fingerprint density at radius 3 is 2.75 bits per heavy atom. The lowest BCUT2D eigenvalue weighted by molar-refractivity contribution is 0.147. The van der Waals surface area contributed by atoms with Crippen LogP contribution in [0, 0.1) is 6.92 Å². The average Bonchev–Trinajstić information content (AvgIpc) is 2.75. The Kier molecular flexibility index (Phi) is 1.38. The molecule has 3 heteroatoms. The summed E-state index contributed by atoms with van der Waals surface area (Å²) in [6.07, 6.45) is 1.57. The third kappa shape index (κ3) is 1.06. The van der Waals surface area contributed by atoms with Gasteiger partial charge >= 0.3 is 0 Å². The molecule has 0 bridgehead atoms. The van der Waals surface area contributed by atoms with Gasteiger partial charge in [0.15, 0.2) is 0 Å². The molecule has 1 aliphatic rings. The first-order chi connectivity index (χ1) is 5.62. The summed E-state index contributed by atoms with van der Waals surface area (Å²) < 4.78 is 0. The van der Waals surface area contributed by atoms with Crippen molar-refractivity contribution in [3.05, 3.63) is 23.5 Å². The molecule has 3 nitrogen and oxygen atoms in total. The molecule has 0 atom stereocenters. The minimum absolute atomic E-state index is 0.598. The molecule has 0 radical (unpaired) electrons. The fraction of sp³-hybridized carbons (Fsp3) is 0.444. The van der Waals surface area contributed by atoms with Crippen LogP contribution in [-0.4, -0.2) is 10.1 Å². The van der Waals surface area contributed by atoms with E-state index in [-0.39, 0.29) is 0 Å². The van der Waals surface area contributed by atoms with Crippen LogP contribution in [0.3, 0.4) is 0 Å². The summed E-state index contributed by atoms with van der Waals surface area (Å²) >= 11 is 0. The zero-order valence-corrected chi connectivity index (χ0v) is 7.04. The van der Waals surface area contributed by atoms with Gasteiger partial charge in [0, 0.05) is 5.69 Å². The van der Waals surface area contributed by atoms with E-state index in [9.17, 15) is 5.11 Å². The minimum Gasteiger partial charge on any atom is -0.397 e. The zero-order valence-electron chi connectivity index (χ0n) is 7.04. The van der Waals surface area contributed by atoms with Crippen LogP contribution in [0.5, 0.6) is 0 Å². The van der Waals surface area contributed by atoms with Crippen molar-refractivity contribution in [2.45, 2.75) is 25.4 Å². The van der Waals surface area contributed by atoms with Crippen LogP contribution in [0.1, 0.15) is 24.2 Å². The number of anilines is 1. The summed E-state index contributed by atoms with van der Waals surface area (Å²) in [5.74, 6) is 0. The summed E-state index contributed by atoms with van der Waals surface area (Å²) in [5.41, 5.74) is 7.14. The Morgan fingerprint density at radius 1 is 1.50 bits per heavy atom. The van der Waals surface area contributed by atoms with E-state index >= 15 is 0 Å². The number of aromatic nitrogens is 1. The van der Waals surface area contributed by atoms with Gasteiger partial charge in [-0.2, -0.15) is 0 Å². The van der Waals surface area contributed by atoms with Gasteiger partial charge in [0.2, 0.25) is 0 Å². The van der Waals surface area contributed by atoms with Gasteiger partial charge in [-0.15, -0.1) is 0 Å². The van der Waals surface area contributed by atoms with Crippen LogP contribution in [-0.2, 0) is 5.60 Å². The van der Waals surface area contributed by atoms with E-state index in [1.807, 2.05) is 13.0 Å². The highest BCUT2D eigenvalue weighted by molar-refractivity contribution is 5.48. The monoisotopic (exact) mass is 164 g/mol. The summed E-state index contributed by atoms with van der Waals surface area (Å²) in [6.45, 7) is 1.90. The molecule has 0 spiro atoms. The number of nitrogens with zero attached hydrogens (tertiary/aromatic N) is 1. The molecule has 0 aliphatic heterocycles. The number of hydrogen-bond donors (Lipinski definition) is 2. The first kappa shape index (κ1) is 7.55. The van der Waals surface area contributed by atoms with Crippen molar-refractivity contribution in [1.29, 1.82) is 0 Å². The van der Waals surface area contributed by atoms with Crippen molar-refractivity contribution in [1.82, 2.24) is 4.98 Å². The standard InChI is InChI=1S/C9H12N2O/c1-6-2-3-7(10)8(11-6)9(12)4-5-9/h2-3,12H,4-5,10H2,1H3. The molecule has 1 saturated carbocycles. The molecule has 0 aromatic carbocycles. The van der Waals surface area contributed by atoms with Crippen molar-refractivity contribution < 1.29 is 5.11 Å². The van der Waals surface area contributed by atoms with Gasteiger partial charge in [0.05, 0.1) is 11.4 Å². The van der Waals surface area contributed by atoms with E-state index in [1.165, 1.54) is 0 Å². The Morgan fingerprint density at radius 2 is 2.17 bits per heavy atom. The van der Waals surface area contributed by atoms with Crippen molar-refractivity contribution in [3.8, 4) is 0 Å². The molecule has 0 unspecified atom stereocenters. The lowest BCUT2D eigenvalue weighted by atomic mass is 10.1. The molecule has 1 fully saturated rings. The fourth-order valence-corrected chi connectivity index (χ4v) is 1.30. The second kappa shape index (κ2) is 2.20. The van der Waals surface area contributed by atoms with Gasteiger partial charge < -0.3 is 10.8 Å². The highest BCUT2D eigenvalue weighted by Gasteiger charge is 2.44. The molecule has 0 amide bonds. The maximum atomic E-state index is 9.76. The van der Waals surface area contributed by atoms with Crippen LogP contribution in [0.2, 0.25) is 0 Å². The van der Waals surface area contributed by atoms with E-state index in [1.54, 1.807) is 6.07 Å². The third-order valence-electron chi connectivity index (χ3n) is 2.23. The van der Waals surface area contributed by atoms with Gasteiger partial charge in [0.25, 0.3) is 0 Å². The second-order valence-electron chi connectivity index (χ2n) is 3.42. The summed E-state index contributed by atoms with van der Waals surface area (Å²) in [7, 11) is 0. The third-order valence-corrected chi connectivity index (χ3v) is 2.23. The van der Waals surface area contributed by atoms with Crippen LogP contribution < -0.4 is 5.73 Å². The summed E-state index contributed by atoms with van der Waals surface area (Å²) in [4.78, 5) is 4.23. The van der Waals surface area contributed by atoms with E-state index in [0.29, 0.717) is 11.4 Å². The molecular formula is C9H12N2O. The van der Waals surface area contributed by atoms with E-state index in [0.717, 1.165) is 18.5 Å². The quantitative estimate of drug-likeness (QED) is 0.649. The summed E-state index contributed by atoms with van der Waals surface area (Å²) in [5, 5.41) is 9.76. The normalized spacial score (nSPS) is 19.2. The lowest BCUT2D eigenvalue weighted by Gasteiger charge is -2.10. The van der Waals surface area contributed by atoms with E-state index in [4.69, 9.17) is 5.73 Å². The predicted octanol–water partition coefficient (Wildman–Crippen LogP) is 0.954. The maximum absolute atomic E-state index is 9.76. The van der Waals surface area contributed by atoms with E-state index < -0.39 is 5.60 Å². The predicted molar refractivity (Wildman–Crippen MR) is 46.5 cm³/mol. The van der Waals surface area contributed by atoms with Crippen LogP contribution in [0.15, 0.2) is 12.1 Å². The van der Waals surface area contributed by atoms with Crippen molar-refractivity contribution in [2.24, 2.45) is 0 Å². The number of nitrogen functional groups attached to an aromatic ring is 1. The van der Waals surface area contributed by atoms with E-state index in [2.05, 4.69) is 4.98 Å². The largest absolute Gasteiger partial charge is 0.397 e. The topological polar surface area (TPSA) is 59.1 Å². The van der Waals surface area contributed by atoms with Crippen LogP contribution in [0.4, 0.5) is 5.69 Å². The Bertz CT molecular complexity index is 318. The Balaban J connectivity index is 2.48. The minimum atomic E-state index is -0.712. The van der Waals surface area contributed by atoms with Gasteiger partial charge in [-0.3, -0.25) is 4.98 Å². The molecule has 1 aliphatic carbocycles. The first-order valence-electron chi connectivity index (χ1n) is 4.08. The molecule has 3 N–H and O–H groups in total. The Hall–Kier alpha value is -1.09. The Labute approximate surface area is 71.2 Å². The van der Waals surface area contributed by atoms with Crippen molar-refractivity contribution in [2.75, 3.05) is 5.73 Å². The highest BCUT2D eigenvalue weighted by atomic mass is 16.3. The van der Waals surface area contributed by atoms with Crippen LogP contribution >= 0.6 is 0 Å². The lowest BCUT2D eigenvalue weighted by Crippen LogP contribution is -2.11. The maximum Gasteiger partial charge on any atom is 0.109 e. The van der Waals surface area contributed by atoms with Crippen molar-refractivity contribution in [3.63, 3.8) is 0 Å². The first-order valence-corrected chi connectivity index (χ1v) is 4.08. The number of rotatable bonds is 1. The van der Waals surface area contributed by atoms with Gasteiger partial charge in [-0.05, 0) is 31.9 Å². The molecular weight excluding hydrogens is 152 g/mol. The van der Waals surface area contributed by atoms with Gasteiger partial charge in [-0.1, -0.05) is 0 Å². The average molecular weight is 164 g/mol. The zero-order chi connectivity index (χ0) is 8.77. The molecule has 2 rings (SSSR count). The molecule has 1 aromatic heterocycles. The smallest absolute Gasteiger partial charge is 0.109 e. The van der Waals surface area contributed by atoms with Crippen molar-refractivity contribution >= 4 is 5.69 Å². The van der Waals surface area contributed by atoms with Crippen LogP contribution in [0.25, 0.3) is 0 Å². The SMILES string of the molecule is Cc1ccc(N)c(C2(O)CC2)n1. The number of nitrogens with two attached hydrogens (primary N) is 1. The number of aliphatic hydroxyl groups is 1. The molecule has 1 heterocycles. The number of pyridine rings is 1. The second-order valence-corrected chi connectivity index (χ2v) is 3.42. The molecule has 64 valence electrons. The molecule has 1 aromatic rings. The molecule has 0 saturated heterocycles. The number of hydrogen-bond acceptors (Lipinski definition) is 3. The molecule has 12 heavy (non-hydrogen) atoms. The summed E-state index contributed by atoms with van der Waals surface area (Å²) in [6, 6.07) is 3.65. The fourth-order valence-electron chi connectivity index (χ4n) is 1.30.